The number of alkyl carbamates (subject to hydrolysis) is 2. The second-order valence-electron chi connectivity index (χ2n) is 28.8. The van der Waals surface area contributed by atoms with E-state index >= 15 is 0 Å². The number of likely N-dealkylation sites (N-methyl/N-ethyl adjacent to an activating group) is 1. The van der Waals surface area contributed by atoms with E-state index in [1.807, 2.05) is 48.5 Å². The van der Waals surface area contributed by atoms with Crippen LogP contribution in [0, 0.1) is 0 Å². The lowest BCUT2D eigenvalue weighted by molar-refractivity contribution is -0.155. The number of nitrogens with two attached hydrogens (primary N) is 2. The standard InChI is InChI=1S/C25H45N7O6.C18H31N5O4.C17H30N14O4.C9H14N6O4/c1-24(2,3)37-22(35)27-16-11-8-7-10-14-18(33)19-29-31-20(32-30-19)21(34)26-15-12-9-13-17-28-23(36)38-25(4,5)6;1-5-6-12-19-17(26)16-22-20-15(21-23-16)13(24)10-8-7-9-11-14(25)27-18(2,3)4;18-4-1-6-20-14(32)10-24-28-12(29-25-10)16(34)22-8-3-9-23-17(35)13-30-26-11(27-31-13)15(33)21-7-2-5-19;1-15(2)9(18)7-13-11-6(12-14-7)8(17)10-4-5(16)19-3/h7-17H2,1-6H3,(H,26,34)(H,27,35)(H,28,36)(H,29,30)(H,31,32);5-12H2,1-4H3,(H,19,26)(H,20,21)(H,22,23);1-9,18-19H2,(H,20,32)(H,21,33)(H,22,34)(H,23,35)(H,24,25)(H,26,27)(H,28,29)(H,30,31);4H2,1-3H3,(H,10,17)(H,11,12)(H,13,14). The Morgan fingerprint density at radius 1 is 0.311 bits per heavy atom. The molecule has 0 radical (unpaired) electrons. The molecule has 0 aromatic heterocycles. The van der Waals surface area contributed by atoms with Crippen molar-refractivity contribution in [2.24, 2.45) is 62.5 Å². The summed E-state index contributed by atoms with van der Waals surface area (Å²) >= 11 is 0. The zero-order valence-corrected chi connectivity index (χ0v) is 69.9. The molecule has 0 aromatic carbocycles. The molecule has 50 heteroatoms. The predicted octanol–water partition coefficient (Wildman–Crippen LogP) is -4.39. The zero-order valence-electron chi connectivity index (χ0n) is 69.9. The van der Waals surface area contributed by atoms with Crippen LogP contribution in [0.2, 0.25) is 0 Å². The van der Waals surface area contributed by atoms with Crippen LogP contribution in [0.5, 0.6) is 0 Å². The monoisotopic (exact) mass is 1680 g/mol. The Labute approximate surface area is 689 Å². The first-order chi connectivity index (χ1) is 56.4. The number of rotatable bonds is 44. The van der Waals surface area contributed by atoms with Crippen molar-refractivity contribution in [1.29, 1.82) is 0 Å². The summed E-state index contributed by atoms with van der Waals surface area (Å²) in [6.45, 7) is 22.2. The lowest BCUT2D eigenvalue weighted by Gasteiger charge is -2.19. The normalized spacial score (nSPS) is 13.6. The van der Waals surface area contributed by atoms with Gasteiger partial charge in [0.1, 0.15) is 23.3 Å². The van der Waals surface area contributed by atoms with Crippen molar-refractivity contribution in [3.63, 3.8) is 0 Å². The number of ether oxygens (including phenoxy) is 4. The molecule has 0 aliphatic carbocycles. The lowest BCUT2D eigenvalue weighted by atomic mass is 10.1. The third kappa shape index (κ3) is 47.1. The Balaban J connectivity index is 0.000000552. The number of Topliss-reactive ketones (excluding diaryl/α,β-unsaturated/α-hetero) is 2. The van der Waals surface area contributed by atoms with E-state index in [4.69, 9.17) is 25.7 Å². The van der Waals surface area contributed by atoms with Gasteiger partial charge in [-0.25, -0.2) is 9.59 Å². The second kappa shape index (κ2) is 56.5. The van der Waals surface area contributed by atoms with Crippen LogP contribution in [0.1, 0.15) is 185 Å². The first-order valence-electron chi connectivity index (χ1n) is 38.7. The van der Waals surface area contributed by atoms with Crippen molar-refractivity contribution in [3.8, 4) is 0 Å². The van der Waals surface area contributed by atoms with Gasteiger partial charge in [-0.15, -0.1) is 40.8 Å². The molecule has 0 saturated carbocycles. The lowest BCUT2D eigenvalue weighted by Crippen LogP contribution is -2.49. The van der Waals surface area contributed by atoms with E-state index in [9.17, 15) is 67.1 Å². The van der Waals surface area contributed by atoms with Crippen LogP contribution in [-0.2, 0) is 76.5 Å². The summed E-state index contributed by atoms with van der Waals surface area (Å²) < 4.78 is 19.9. The van der Waals surface area contributed by atoms with Crippen LogP contribution in [0.4, 0.5) is 9.59 Å². The van der Waals surface area contributed by atoms with E-state index in [1.54, 1.807) is 34.9 Å². The quantitative estimate of drug-likeness (QED) is 0.0156. The maximum absolute atomic E-state index is 12.3. The summed E-state index contributed by atoms with van der Waals surface area (Å²) in [5, 5.41) is 61.3. The van der Waals surface area contributed by atoms with Crippen molar-refractivity contribution in [2.75, 3.05) is 93.2 Å². The van der Waals surface area contributed by atoms with Gasteiger partial charge in [-0.05, 0) is 146 Å². The highest BCUT2D eigenvalue weighted by atomic mass is 16.6. The molecule has 5 rings (SSSR count). The van der Waals surface area contributed by atoms with E-state index < -0.39 is 76.3 Å². The number of carbonyl (C=O) groups excluding carboxylic acids is 14. The van der Waals surface area contributed by atoms with Crippen LogP contribution in [0.3, 0.4) is 0 Å². The third-order valence-electron chi connectivity index (χ3n) is 14.6. The van der Waals surface area contributed by atoms with Crippen molar-refractivity contribution >= 4 is 141 Å². The van der Waals surface area contributed by atoms with Gasteiger partial charge in [0, 0.05) is 85.7 Å². The molecule has 0 fully saturated rings. The molecular weight excluding hydrogens is 1560 g/mol. The van der Waals surface area contributed by atoms with E-state index in [0.29, 0.717) is 104 Å². The highest BCUT2D eigenvalue weighted by Gasteiger charge is 2.27. The summed E-state index contributed by atoms with van der Waals surface area (Å²) in [4.78, 5) is 166. The smallest absolute Gasteiger partial charge is 0.407 e. The van der Waals surface area contributed by atoms with Crippen LogP contribution in [-0.4, -0.2) is 256 Å². The molecule has 23 N–H and O–H groups in total. The molecule has 5 aliphatic heterocycles. The fourth-order valence-electron chi connectivity index (χ4n) is 8.66. The largest absolute Gasteiger partial charge is 0.468 e. The van der Waals surface area contributed by atoms with E-state index in [-0.39, 0.29) is 108 Å². The number of amidine groups is 10. The average molecular weight is 1690 g/mol. The number of hydrogen-bond donors (Lipinski definition) is 21. The number of esters is 2. The Bertz CT molecular complexity index is 3610. The molecule has 5 aliphatic rings. The van der Waals surface area contributed by atoms with Crippen LogP contribution in [0.15, 0.2) is 51.0 Å². The highest BCUT2D eigenvalue weighted by molar-refractivity contribution is 6.45. The first kappa shape index (κ1) is 102. The summed E-state index contributed by atoms with van der Waals surface area (Å²) in [5.41, 5.74) is 33.5. The van der Waals surface area contributed by atoms with Crippen molar-refractivity contribution in [3.05, 3.63) is 0 Å². The zero-order chi connectivity index (χ0) is 88.8. The molecule has 0 spiro atoms. The summed E-state index contributed by atoms with van der Waals surface area (Å²) in [6.07, 6.45) is 11.1. The van der Waals surface area contributed by atoms with Gasteiger partial charge in [-0.3, -0.25) is 112 Å². The molecular formula is C69H120N32O18. The minimum absolute atomic E-state index is 0.0226. The van der Waals surface area contributed by atoms with Gasteiger partial charge in [-0.1, -0.05) is 32.6 Å². The molecule has 5 heterocycles. The molecule has 664 valence electrons. The number of unbranched alkanes of at least 4 members (excludes halogenated alkanes) is 8. The number of methoxy groups -OCH3 is 1. The molecule has 119 heavy (non-hydrogen) atoms. The van der Waals surface area contributed by atoms with E-state index in [1.165, 1.54) is 12.0 Å². The Kier molecular flexibility index (Phi) is 48.5. The number of hydrazone groups is 10. The van der Waals surface area contributed by atoms with E-state index in [0.717, 1.165) is 57.8 Å². The maximum Gasteiger partial charge on any atom is 0.407 e. The van der Waals surface area contributed by atoms with Crippen LogP contribution in [0.25, 0.3) is 0 Å². The van der Waals surface area contributed by atoms with Gasteiger partial charge in [0.05, 0.1) is 7.11 Å². The number of carbonyl (C=O) groups is 14. The molecule has 0 atom stereocenters. The SMILES string of the molecule is CC(C)(C)OC(=O)NCCCCCCC(=O)C1=NNC(C(=O)NCCCCCNC(=O)OC(C)(C)C)=NN1.CCCCNC(=O)C1=NNC(C(=O)CCCCCC(=O)OC(C)(C)C)=NN1.COC(=O)CNC(=O)C1=NNC(C(=O)N(C)C)=NN1.NCCCNC(=O)C1=NNC(C(=O)NCCCNC(=O)C2=NNC(C(=O)NCCCN)=NN2)=NN1. The van der Waals surface area contributed by atoms with Crippen LogP contribution >= 0.6 is 0 Å². The van der Waals surface area contributed by atoms with Gasteiger partial charge in [0.2, 0.25) is 69.9 Å². The number of hydrogen-bond acceptors (Lipinski definition) is 40. The van der Waals surface area contributed by atoms with Crippen LogP contribution < -0.4 is 114 Å². The maximum atomic E-state index is 12.3. The van der Waals surface area contributed by atoms with E-state index in [2.05, 4.69) is 158 Å². The number of ketones is 2. The molecule has 0 bridgehead atoms. The molecule has 50 nitrogen and oxygen atoms in total. The first-order valence-corrected chi connectivity index (χ1v) is 38.7. The molecule has 0 saturated heterocycles. The molecule has 0 aromatic rings. The Morgan fingerprint density at radius 3 is 0.874 bits per heavy atom. The van der Waals surface area contributed by atoms with Crippen molar-refractivity contribution in [2.45, 2.75) is 202 Å². The van der Waals surface area contributed by atoms with Gasteiger partial charge in [-0.2, -0.15) is 10.2 Å². The van der Waals surface area contributed by atoms with Gasteiger partial charge in [0.15, 0.2) is 0 Å². The fourth-order valence-corrected chi connectivity index (χ4v) is 8.66. The minimum atomic E-state index is -0.655. The minimum Gasteiger partial charge on any atom is -0.468 e. The summed E-state index contributed by atoms with van der Waals surface area (Å²) in [5.74, 6) is -5.63. The number of amides is 10. The molecule has 0 unspecified atom stereocenters. The highest BCUT2D eigenvalue weighted by Crippen LogP contribution is 2.13. The summed E-state index contributed by atoms with van der Waals surface area (Å²) in [7, 11) is 4.31. The Morgan fingerprint density at radius 2 is 0.571 bits per heavy atom. The van der Waals surface area contributed by atoms with Crippen molar-refractivity contribution < 1.29 is 86.1 Å². The Hall–Kier alpha value is -12.8. The summed E-state index contributed by atoms with van der Waals surface area (Å²) in [6, 6.07) is 0. The number of nitrogens with one attached hydrogen (secondary N) is 19. The van der Waals surface area contributed by atoms with Gasteiger partial charge < -0.3 is 83.2 Å². The third-order valence-corrected chi connectivity index (χ3v) is 14.6. The average Bonchev–Trinajstić information content (AvgIpc) is 0.881. The van der Waals surface area contributed by atoms with Crippen molar-refractivity contribution in [1.82, 2.24) is 107 Å². The second-order valence-corrected chi connectivity index (χ2v) is 28.8. The number of nitrogens with zero attached hydrogens (tertiary/aromatic N) is 11. The van der Waals surface area contributed by atoms with Gasteiger partial charge >= 0.3 is 24.1 Å². The fraction of sp³-hybridized carbons (Fsp3) is 0.652. The predicted molar refractivity (Wildman–Crippen MR) is 439 cm³/mol. The molecule has 10 amide bonds. The topological polar surface area (TPSA) is 683 Å². The van der Waals surface area contributed by atoms with Gasteiger partial charge in [0.25, 0.3) is 47.3 Å².